The van der Waals surface area contributed by atoms with E-state index in [-0.39, 0.29) is 8.22 Å². The summed E-state index contributed by atoms with van der Waals surface area (Å²) >= 11 is 1.62. The highest BCUT2D eigenvalue weighted by molar-refractivity contribution is 7.99. The maximum atomic E-state index is 5.60. The highest BCUT2D eigenvalue weighted by atomic mass is 32.2. The van der Waals surface area contributed by atoms with Crippen LogP contribution >= 0.6 is 11.8 Å². The number of benzene rings is 1. The van der Waals surface area contributed by atoms with Crippen LogP contribution in [-0.2, 0) is 0 Å². The third kappa shape index (κ3) is 2.58. The Labute approximate surface area is 157 Å². The van der Waals surface area contributed by atoms with Gasteiger partial charge in [-0.05, 0) is 44.0 Å². The van der Waals surface area contributed by atoms with E-state index in [1.165, 1.54) is 24.9 Å². The van der Waals surface area contributed by atoms with Gasteiger partial charge in [-0.15, -0.1) is 0 Å². The van der Waals surface area contributed by atoms with Gasteiger partial charge in [0.2, 0.25) is 6.79 Å². The van der Waals surface area contributed by atoms with Gasteiger partial charge in [-0.3, -0.25) is 4.98 Å². The van der Waals surface area contributed by atoms with Crippen LogP contribution in [0.5, 0.6) is 11.5 Å². The summed E-state index contributed by atoms with van der Waals surface area (Å²) in [7, 11) is 2.16. The summed E-state index contributed by atoms with van der Waals surface area (Å²) < 4.78 is 11.2. The number of aromatic amines is 1. The summed E-state index contributed by atoms with van der Waals surface area (Å²) in [5.41, 5.74) is 4.03. The molecule has 2 aromatic heterocycles. The second kappa shape index (κ2) is 6.09. The molecule has 2 aliphatic rings. The summed E-state index contributed by atoms with van der Waals surface area (Å²) in [6, 6.07) is 6.71. The number of anilines is 1. The molecule has 0 saturated heterocycles. The highest BCUT2D eigenvalue weighted by Gasteiger charge is 2.27. The van der Waals surface area contributed by atoms with Gasteiger partial charge < -0.3 is 19.4 Å². The first-order valence-corrected chi connectivity index (χ1v) is 9.66. The van der Waals surface area contributed by atoms with E-state index in [0.29, 0.717) is 6.04 Å². The summed E-state index contributed by atoms with van der Waals surface area (Å²) in [5.74, 6) is 1.62. The second-order valence-electron chi connectivity index (χ2n) is 6.81. The molecule has 136 valence electrons. The monoisotopic (exact) mass is 370 g/mol. The summed E-state index contributed by atoms with van der Waals surface area (Å²) in [6.45, 7) is 2.26. The van der Waals surface area contributed by atoms with E-state index in [2.05, 4.69) is 34.0 Å². The predicted molar refractivity (Wildman–Crippen MR) is 103 cm³/mol. The van der Waals surface area contributed by atoms with Crippen molar-refractivity contribution < 1.29 is 10.9 Å². The molecule has 1 fully saturated rings. The van der Waals surface area contributed by atoms with Crippen LogP contribution in [-0.4, -0.2) is 34.8 Å². The molecule has 0 amide bonds. The number of pyridine rings is 1. The first-order valence-electron chi connectivity index (χ1n) is 8.85. The van der Waals surface area contributed by atoms with Crippen molar-refractivity contribution in [3.05, 3.63) is 30.1 Å². The van der Waals surface area contributed by atoms with Crippen molar-refractivity contribution in [1.82, 2.24) is 15.0 Å². The SMILES string of the molecule is Cc1nccc2[nH]c(Sc3cc4c(cc3N(C)C3CCC3)OCO4)nc12.[HH]. The molecule has 7 heteroatoms. The third-order valence-electron chi connectivity index (χ3n) is 5.23. The number of nitrogens with zero attached hydrogens (tertiary/aromatic N) is 3. The maximum absolute atomic E-state index is 5.60. The van der Waals surface area contributed by atoms with Crippen LogP contribution in [0.1, 0.15) is 26.4 Å². The number of nitrogens with one attached hydrogen (secondary N) is 1. The Hall–Kier alpha value is -2.41. The number of hydrogen-bond acceptors (Lipinski definition) is 6. The van der Waals surface area contributed by atoms with E-state index >= 15 is 0 Å². The Morgan fingerprint density at radius 1 is 1.27 bits per heavy atom. The first kappa shape index (κ1) is 15.8. The van der Waals surface area contributed by atoms with Crippen molar-refractivity contribution in [3.63, 3.8) is 0 Å². The van der Waals surface area contributed by atoms with Gasteiger partial charge in [-0.2, -0.15) is 0 Å². The molecule has 5 rings (SSSR count). The van der Waals surface area contributed by atoms with Crippen molar-refractivity contribution in [2.75, 3.05) is 18.7 Å². The molecule has 0 atom stereocenters. The zero-order valence-electron chi connectivity index (χ0n) is 14.8. The lowest BCUT2D eigenvalue weighted by molar-refractivity contribution is 0.174. The van der Waals surface area contributed by atoms with E-state index in [4.69, 9.17) is 14.5 Å². The van der Waals surface area contributed by atoms with Crippen molar-refractivity contribution in [3.8, 4) is 11.5 Å². The number of rotatable bonds is 4. The lowest BCUT2D eigenvalue weighted by Gasteiger charge is -2.37. The Morgan fingerprint density at radius 3 is 2.81 bits per heavy atom. The lowest BCUT2D eigenvalue weighted by Crippen LogP contribution is -2.37. The quantitative estimate of drug-likeness (QED) is 0.735. The molecule has 6 nitrogen and oxygen atoms in total. The molecule has 0 bridgehead atoms. The largest absolute Gasteiger partial charge is 0.454 e. The first-order chi connectivity index (χ1) is 12.7. The molecule has 1 saturated carbocycles. The average Bonchev–Trinajstić information content (AvgIpc) is 3.19. The molecule has 3 heterocycles. The van der Waals surface area contributed by atoms with Gasteiger partial charge in [-0.1, -0.05) is 0 Å². The maximum Gasteiger partial charge on any atom is 0.231 e. The third-order valence-corrected chi connectivity index (χ3v) is 6.16. The van der Waals surface area contributed by atoms with Crippen molar-refractivity contribution in [2.45, 2.75) is 42.3 Å². The van der Waals surface area contributed by atoms with Gasteiger partial charge in [0, 0.05) is 37.7 Å². The molecule has 1 N–H and O–H groups in total. The Kier molecular flexibility index (Phi) is 3.70. The van der Waals surface area contributed by atoms with E-state index < -0.39 is 0 Å². The van der Waals surface area contributed by atoms with E-state index in [1.807, 2.05) is 13.0 Å². The fourth-order valence-corrected chi connectivity index (χ4v) is 4.42. The van der Waals surface area contributed by atoms with E-state index in [0.717, 1.165) is 38.3 Å². The highest BCUT2D eigenvalue weighted by Crippen LogP contribution is 2.45. The van der Waals surface area contributed by atoms with Gasteiger partial charge in [0.15, 0.2) is 16.7 Å². The number of fused-ring (bicyclic) bond motifs is 2. The molecule has 3 aromatic rings. The minimum absolute atomic E-state index is 0. The lowest BCUT2D eigenvalue weighted by atomic mass is 9.91. The number of hydrogen-bond donors (Lipinski definition) is 1. The molecular weight excluding hydrogens is 348 g/mol. The summed E-state index contributed by atoms with van der Waals surface area (Å²) in [6.07, 6.45) is 5.59. The summed E-state index contributed by atoms with van der Waals surface area (Å²) in [5, 5.41) is 0.859. The fourth-order valence-electron chi connectivity index (χ4n) is 3.44. The Bertz CT molecular complexity index is 989. The number of imidazole rings is 1. The molecule has 0 spiro atoms. The van der Waals surface area contributed by atoms with Crippen LogP contribution in [0.4, 0.5) is 5.69 Å². The zero-order chi connectivity index (χ0) is 17.7. The van der Waals surface area contributed by atoms with Gasteiger partial charge >= 0.3 is 0 Å². The van der Waals surface area contributed by atoms with Crippen LogP contribution in [0.15, 0.2) is 34.4 Å². The standard InChI is InChI=1S/C19H20N4O2S.H2/c1-11-18-13(6-7-20-11)21-19(22-18)26-17-9-16-15(24-10-25-16)8-14(17)23(2)12-4-3-5-12;/h6-9,12H,3-5,10H2,1-2H3,(H,21,22);1H. The van der Waals surface area contributed by atoms with Gasteiger partial charge in [-0.25, -0.2) is 4.98 Å². The minimum Gasteiger partial charge on any atom is -0.454 e. The average molecular weight is 370 g/mol. The Balaban J connectivity index is 0.00000180. The van der Waals surface area contributed by atoms with Gasteiger partial charge in [0.25, 0.3) is 0 Å². The molecular formula is C19H22N4O2S. The van der Waals surface area contributed by atoms with E-state index in [1.54, 1.807) is 18.0 Å². The van der Waals surface area contributed by atoms with Crippen LogP contribution in [0.2, 0.25) is 0 Å². The molecule has 0 unspecified atom stereocenters. The Morgan fingerprint density at radius 2 is 2.08 bits per heavy atom. The van der Waals surface area contributed by atoms with Crippen molar-refractivity contribution >= 4 is 28.5 Å². The smallest absolute Gasteiger partial charge is 0.231 e. The minimum atomic E-state index is 0. The second-order valence-corrected chi connectivity index (χ2v) is 7.84. The molecule has 1 aromatic carbocycles. The normalized spacial score (nSPS) is 16.1. The topological polar surface area (TPSA) is 63.3 Å². The van der Waals surface area contributed by atoms with E-state index in [9.17, 15) is 0 Å². The molecule has 1 aliphatic heterocycles. The van der Waals surface area contributed by atoms with Gasteiger partial charge in [0.05, 0.1) is 16.9 Å². The molecule has 0 radical (unpaired) electrons. The fraction of sp³-hybridized carbons (Fsp3) is 0.368. The van der Waals surface area contributed by atoms with Crippen LogP contribution in [0, 0.1) is 6.92 Å². The number of aromatic nitrogens is 3. The predicted octanol–water partition coefficient (Wildman–Crippen LogP) is 4.38. The molecule has 26 heavy (non-hydrogen) atoms. The van der Waals surface area contributed by atoms with Crippen molar-refractivity contribution in [1.29, 1.82) is 0 Å². The van der Waals surface area contributed by atoms with Crippen LogP contribution in [0.25, 0.3) is 11.0 Å². The van der Waals surface area contributed by atoms with Gasteiger partial charge in [0.1, 0.15) is 5.52 Å². The van der Waals surface area contributed by atoms with Crippen LogP contribution < -0.4 is 14.4 Å². The number of aryl methyl sites for hydroxylation is 1. The molecule has 1 aliphatic carbocycles. The number of H-pyrrole nitrogens is 1. The summed E-state index contributed by atoms with van der Waals surface area (Å²) in [4.78, 5) is 15.9. The van der Waals surface area contributed by atoms with Crippen LogP contribution in [0.3, 0.4) is 0 Å². The number of ether oxygens (including phenoxy) is 2. The zero-order valence-corrected chi connectivity index (χ0v) is 15.6. The van der Waals surface area contributed by atoms with Crippen molar-refractivity contribution in [2.24, 2.45) is 0 Å².